The van der Waals surface area contributed by atoms with Gasteiger partial charge in [-0.15, -0.1) is 11.8 Å². The molecule has 1 aromatic rings. The third kappa shape index (κ3) is 2.52. The van der Waals surface area contributed by atoms with Gasteiger partial charge in [0.2, 0.25) is 0 Å². The van der Waals surface area contributed by atoms with E-state index in [9.17, 15) is 0 Å². The molecule has 1 fully saturated rings. The van der Waals surface area contributed by atoms with Crippen LogP contribution in [0.3, 0.4) is 0 Å². The highest BCUT2D eigenvalue weighted by Gasteiger charge is 2.22. The monoisotopic (exact) mass is 207 g/mol. The molecule has 0 aliphatic heterocycles. The van der Waals surface area contributed by atoms with E-state index in [2.05, 4.69) is 42.8 Å². The van der Waals surface area contributed by atoms with Crippen molar-refractivity contribution in [2.24, 2.45) is 0 Å². The third-order valence-corrected chi connectivity index (χ3v) is 3.42. The fourth-order valence-corrected chi connectivity index (χ4v) is 2.00. The Bertz CT molecular complexity index is 290. The molecule has 0 aromatic heterocycles. The van der Waals surface area contributed by atoms with Crippen LogP contribution in [0.1, 0.15) is 31.4 Å². The molecule has 0 spiro atoms. The maximum atomic E-state index is 3.60. The summed E-state index contributed by atoms with van der Waals surface area (Å²) in [6.45, 7) is 2.24. The van der Waals surface area contributed by atoms with Crippen LogP contribution in [0, 0.1) is 0 Å². The zero-order chi connectivity index (χ0) is 9.97. The molecule has 1 nitrogen and oxygen atoms in total. The summed E-state index contributed by atoms with van der Waals surface area (Å²) in [6.07, 6.45) is 4.82. The molecule has 14 heavy (non-hydrogen) atoms. The van der Waals surface area contributed by atoms with Gasteiger partial charge >= 0.3 is 0 Å². The Kier molecular flexibility index (Phi) is 3.14. The molecule has 2 rings (SSSR count). The van der Waals surface area contributed by atoms with Crippen molar-refractivity contribution in [3.8, 4) is 0 Å². The van der Waals surface area contributed by atoms with Crippen molar-refractivity contribution in [3.63, 3.8) is 0 Å². The van der Waals surface area contributed by atoms with Crippen molar-refractivity contribution in [1.29, 1.82) is 0 Å². The van der Waals surface area contributed by atoms with E-state index in [-0.39, 0.29) is 0 Å². The van der Waals surface area contributed by atoms with Gasteiger partial charge in [0.1, 0.15) is 0 Å². The minimum absolute atomic E-state index is 0.499. The molecule has 76 valence electrons. The quantitative estimate of drug-likeness (QED) is 0.761. The summed E-state index contributed by atoms with van der Waals surface area (Å²) >= 11 is 1.80. The summed E-state index contributed by atoms with van der Waals surface area (Å²) in [6, 6.07) is 10.1. The van der Waals surface area contributed by atoms with Gasteiger partial charge < -0.3 is 5.32 Å². The molecular formula is C12H17NS. The number of rotatable bonds is 4. The molecule has 1 aromatic carbocycles. The van der Waals surface area contributed by atoms with Gasteiger partial charge in [-0.3, -0.25) is 0 Å². The highest BCUT2D eigenvalue weighted by molar-refractivity contribution is 7.98. The van der Waals surface area contributed by atoms with Crippen molar-refractivity contribution in [2.45, 2.75) is 36.7 Å². The Morgan fingerprint density at radius 1 is 1.29 bits per heavy atom. The lowest BCUT2D eigenvalue weighted by Crippen LogP contribution is -2.20. The molecule has 0 amide bonds. The van der Waals surface area contributed by atoms with Gasteiger partial charge in [-0.25, -0.2) is 0 Å². The summed E-state index contributed by atoms with van der Waals surface area (Å²) in [7, 11) is 0. The first-order chi connectivity index (χ1) is 6.79. The second-order valence-corrected chi connectivity index (χ2v) is 4.82. The van der Waals surface area contributed by atoms with Crippen LogP contribution >= 0.6 is 11.8 Å². The number of thioether (sulfide) groups is 1. The van der Waals surface area contributed by atoms with Gasteiger partial charge in [0.05, 0.1) is 0 Å². The first-order valence-corrected chi connectivity index (χ1v) is 6.42. The van der Waals surface area contributed by atoms with E-state index in [4.69, 9.17) is 0 Å². The minimum Gasteiger partial charge on any atom is -0.307 e. The summed E-state index contributed by atoms with van der Waals surface area (Å²) in [5.41, 5.74) is 1.40. The van der Waals surface area contributed by atoms with Gasteiger partial charge in [-0.05, 0) is 43.7 Å². The average molecular weight is 207 g/mol. The molecule has 0 bridgehead atoms. The largest absolute Gasteiger partial charge is 0.307 e. The van der Waals surface area contributed by atoms with Gasteiger partial charge in [-0.1, -0.05) is 12.1 Å². The molecule has 1 aliphatic carbocycles. The number of hydrogen-bond donors (Lipinski definition) is 1. The van der Waals surface area contributed by atoms with Crippen LogP contribution in [0.15, 0.2) is 29.2 Å². The molecule has 1 aliphatic rings. The van der Waals surface area contributed by atoms with Crippen LogP contribution in [0.5, 0.6) is 0 Å². The van der Waals surface area contributed by atoms with Crippen molar-refractivity contribution in [1.82, 2.24) is 5.32 Å². The van der Waals surface area contributed by atoms with Crippen molar-refractivity contribution in [3.05, 3.63) is 29.8 Å². The molecule has 0 saturated heterocycles. The second kappa shape index (κ2) is 4.37. The Hall–Kier alpha value is -0.470. The molecule has 2 heteroatoms. The highest BCUT2D eigenvalue weighted by atomic mass is 32.2. The maximum absolute atomic E-state index is 3.60. The molecule has 1 atom stereocenters. The lowest BCUT2D eigenvalue weighted by Gasteiger charge is -2.13. The highest BCUT2D eigenvalue weighted by Crippen LogP contribution is 2.25. The molecule has 0 heterocycles. The van der Waals surface area contributed by atoms with E-state index in [0.717, 1.165) is 6.04 Å². The topological polar surface area (TPSA) is 12.0 Å². The van der Waals surface area contributed by atoms with E-state index in [0.29, 0.717) is 6.04 Å². The maximum Gasteiger partial charge on any atom is 0.0294 e. The van der Waals surface area contributed by atoms with Crippen LogP contribution in [0.4, 0.5) is 0 Å². The molecule has 1 saturated carbocycles. The third-order valence-electron chi connectivity index (χ3n) is 2.68. The second-order valence-electron chi connectivity index (χ2n) is 3.94. The first kappa shape index (κ1) is 10.1. The van der Waals surface area contributed by atoms with Crippen LogP contribution in [-0.2, 0) is 0 Å². The lowest BCUT2D eigenvalue weighted by molar-refractivity contribution is 0.571. The van der Waals surface area contributed by atoms with Crippen molar-refractivity contribution < 1.29 is 0 Å². The average Bonchev–Trinajstić information content (AvgIpc) is 3.02. The van der Waals surface area contributed by atoms with Crippen molar-refractivity contribution in [2.75, 3.05) is 6.26 Å². The predicted molar refractivity (Wildman–Crippen MR) is 62.8 cm³/mol. The lowest BCUT2D eigenvalue weighted by atomic mass is 10.1. The van der Waals surface area contributed by atoms with Crippen LogP contribution in [0.2, 0.25) is 0 Å². The normalized spacial score (nSPS) is 18.1. The van der Waals surface area contributed by atoms with Gasteiger partial charge in [0, 0.05) is 17.0 Å². The fourth-order valence-electron chi connectivity index (χ4n) is 1.59. The standard InChI is InChI=1S/C12H17NS/c1-9(13-11-5-6-11)10-3-7-12(14-2)8-4-10/h3-4,7-9,11,13H,5-6H2,1-2H3/t9-/m1/s1. The summed E-state index contributed by atoms with van der Waals surface area (Å²) in [5, 5.41) is 3.60. The number of hydrogen-bond acceptors (Lipinski definition) is 2. The number of benzene rings is 1. The number of nitrogens with one attached hydrogen (secondary N) is 1. The van der Waals surface area contributed by atoms with E-state index in [1.54, 1.807) is 11.8 Å². The van der Waals surface area contributed by atoms with Gasteiger partial charge in [0.25, 0.3) is 0 Å². The minimum atomic E-state index is 0.499. The smallest absolute Gasteiger partial charge is 0.0294 e. The summed E-state index contributed by atoms with van der Waals surface area (Å²) in [4.78, 5) is 1.34. The first-order valence-electron chi connectivity index (χ1n) is 5.19. The summed E-state index contributed by atoms with van der Waals surface area (Å²) in [5.74, 6) is 0. The van der Waals surface area contributed by atoms with Crippen molar-refractivity contribution >= 4 is 11.8 Å². The van der Waals surface area contributed by atoms with Crippen LogP contribution in [0.25, 0.3) is 0 Å². The van der Waals surface area contributed by atoms with E-state index in [1.807, 2.05) is 0 Å². The zero-order valence-electron chi connectivity index (χ0n) is 8.79. The SMILES string of the molecule is CSc1ccc([C@@H](C)NC2CC2)cc1. The van der Waals surface area contributed by atoms with Crippen LogP contribution in [-0.4, -0.2) is 12.3 Å². The van der Waals surface area contributed by atoms with E-state index >= 15 is 0 Å². The molecular weight excluding hydrogens is 190 g/mol. The summed E-state index contributed by atoms with van der Waals surface area (Å²) < 4.78 is 0. The molecule has 0 radical (unpaired) electrons. The van der Waals surface area contributed by atoms with Gasteiger partial charge in [-0.2, -0.15) is 0 Å². The Morgan fingerprint density at radius 2 is 1.93 bits per heavy atom. The zero-order valence-corrected chi connectivity index (χ0v) is 9.60. The predicted octanol–water partition coefficient (Wildman–Crippen LogP) is 3.22. The molecule has 1 N–H and O–H groups in total. The Morgan fingerprint density at radius 3 is 2.43 bits per heavy atom. The van der Waals surface area contributed by atoms with Gasteiger partial charge in [0.15, 0.2) is 0 Å². The van der Waals surface area contributed by atoms with Crippen LogP contribution < -0.4 is 5.32 Å². The molecule has 0 unspecified atom stereocenters. The van der Waals surface area contributed by atoms with E-state index in [1.165, 1.54) is 23.3 Å². The fraction of sp³-hybridized carbons (Fsp3) is 0.500. The van der Waals surface area contributed by atoms with E-state index < -0.39 is 0 Å². The Labute approximate surface area is 90.3 Å². The Balaban J connectivity index is 1.99.